The molecule has 1 spiro atoms. The molecule has 26 heavy (non-hydrogen) atoms. The van der Waals surface area contributed by atoms with Crippen molar-refractivity contribution in [1.82, 2.24) is 14.8 Å². The molecule has 0 unspecified atom stereocenters. The van der Waals surface area contributed by atoms with Crippen LogP contribution in [0.2, 0.25) is 0 Å². The molecule has 2 aliphatic rings. The Balaban J connectivity index is 1.54. The molecule has 0 atom stereocenters. The number of amides is 2. The second-order valence-corrected chi connectivity index (χ2v) is 8.61. The predicted octanol–water partition coefficient (Wildman–Crippen LogP) is 2.96. The van der Waals surface area contributed by atoms with Gasteiger partial charge in [-0.25, -0.2) is 0 Å². The van der Waals surface area contributed by atoms with Crippen molar-refractivity contribution < 1.29 is 9.59 Å². The maximum Gasteiger partial charge on any atom is 0.232 e. The molecular weight excluding hydrogens is 346 g/mol. The number of pyridine rings is 1. The average Bonchev–Trinajstić information content (AvgIpc) is 2.66. The van der Waals surface area contributed by atoms with E-state index < -0.39 is 0 Å². The molecule has 6 heteroatoms. The number of carbonyl (C=O) groups excluding carboxylic acids is 2. The molecular formula is C20H29N3O2S. The van der Waals surface area contributed by atoms with Gasteiger partial charge >= 0.3 is 0 Å². The molecule has 5 nitrogen and oxygen atoms in total. The van der Waals surface area contributed by atoms with Gasteiger partial charge in [-0.2, -0.15) is 11.8 Å². The van der Waals surface area contributed by atoms with E-state index in [2.05, 4.69) is 11.9 Å². The highest BCUT2D eigenvalue weighted by Gasteiger charge is 2.41. The van der Waals surface area contributed by atoms with E-state index in [1.165, 1.54) is 0 Å². The van der Waals surface area contributed by atoms with Gasteiger partial charge in [0.1, 0.15) is 0 Å². The summed E-state index contributed by atoms with van der Waals surface area (Å²) in [6.45, 7) is 5.20. The number of likely N-dealkylation sites (tertiary alicyclic amines) is 2. The Labute approximate surface area is 160 Å². The first-order valence-electron chi connectivity index (χ1n) is 9.65. The summed E-state index contributed by atoms with van der Waals surface area (Å²) >= 11 is 1.73. The van der Waals surface area contributed by atoms with E-state index in [1.807, 2.05) is 28.0 Å². The highest BCUT2D eigenvalue weighted by molar-refractivity contribution is 7.99. The Hall–Kier alpha value is -1.56. The van der Waals surface area contributed by atoms with Crippen molar-refractivity contribution in [3.05, 3.63) is 30.1 Å². The molecule has 0 aliphatic carbocycles. The van der Waals surface area contributed by atoms with Crippen LogP contribution < -0.4 is 0 Å². The molecule has 0 N–H and O–H groups in total. The van der Waals surface area contributed by atoms with Crippen LogP contribution in [0.5, 0.6) is 0 Å². The Kier molecular flexibility index (Phi) is 6.57. The Morgan fingerprint density at radius 2 is 2.08 bits per heavy atom. The zero-order valence-corrected chi connectivity index (χ0v) is 16.5. The second kappa shape index (κ2) is 8.89. The summed E-state index contributed by atoms with van der Waals surface area (Å²) in [5.41, 5.74) is 1.12. The zero-order valence-electron chi connectivity index (χ0n) is 15.7. The average molecular weight is 376 g/mol. The molecule has 3 rings (SSSR count). The number of piperidine rings is 2. The van der Waals surface area contributed by atoms with Crippen LogP contribution in [0.4, 0.5) is 0 Å². The lowest BCUT2D eigenvalue weighted by atomic mass is 9.72. The fourth-order valence-electron chi connectivity index (χ4n) is 3.97. The second-order valence-electron chi connectivity index (χ2n) is 7.50. The van der Waals surface area contributed by atoms with E-state index in [4.69, 9.17) is 0 Å². The van der Waals surface area contributed by atoms with Gasteiger partial charge in [-0.15, -0.1) is 0 Å². The molecule has 0 aromatic carbocycles. The third-order valence-electron chi connectivity index (χ3n) is 5.58. The molecule has 3 heterocycles. The van der Waals surface area contributed by atoms with Gasteiger partial charge in [0.15, 0.2) is 0 Å². The first kappa shape index (κ1) is 19.2. The minimum Gasteiger partial charge on any atom is -0.342 e. The van der Waals surface area contributed by atoms with E-state index in [0.29, 0.717) is 18.7 Å². The summed E-state index contributed by atoms with van der Waals surface area (Å²) < 4.78 is 0. The standard InChI is InChI=1S/C20H29N3O2S/c1-2-13-26-15-19(25)22-11-8-20(9-12-22)7-6-18(24)23(16-20)14-17-5-3-4-10-21-17/h3-5,10H,2,6-9,11-16H2,1H3. The van der Waals surface area contributed by atoms with Crippen LogP contribution >= 0.6 is 11.8 Å². The topological polar surface area (TPSA) is 53.5 Å². The van der Waals surface area contributed by atoms with E-state index in [0.717, 1.165) is 56.8 Å². The van der Waals surface area contributed by atoms with E-state index >= 15 is 0 Å². The molecule has 2 aliphatic heterocycles. The minimum atomic E-state index is 0.177. The fraction of sp³-hybridized carbons (Fsp3) is 0.650. The monoisotopic (exact) mass is 375 g/mol. The number of carbonyl (C=O) groups is 2. The summed E-state index contributed by atoms with van der Waals surface area (Å²) in [6, 6.07) is 5.84. The van der Waals surface area contributed by atoms with Crippen LogP contribution in [0, 0.1) is 5.41 Å². The Morgan fingerprint density at radius 1 is 1.27 bits per heavy atom. The summed E-state index contributed by atoms with van der Waals surface area (Å²) in [5, 5.41) is 0. The highest BCUT2D eigenvalue weighted by atomic mass is 32.2. The number of rotatable bonds is 6. The van der Waals surface area contributed by atoms with Crippen LogP contribution in [0.25, 0.3) is 0 Å². The molecule has 2 saturated heterocycles. The molecule has 0 radical (unpaired) electrons. The third-order valence-corrected chi connectivity index (χ3v) is 6.73. The molecule has 2 amide bonds. The van der Waals surface area contributed by atoms with Gasteiger partial charge in [0.25, 0.3) is 0 Å². The van der Waals surface area contributed by atoms with Crippen molar-refractivity contribution in [3.8, 4) is 0 Å². The highest BCUT2D eigenvalue weighted by Crippen LogP contribution is 2.40. The minimum absolute atomic E-state index is 0.177. The predicted molar refractivity (Wildman–Crippen MR) is 105 cm³/mol. The van der Waals surface area contributed by atoms with Crippen LogP contribution in [-0.2, 0) is 16.1 Å². The van der Waals surface area contributed by atoms with Crippen molar-refractivity contribution in [2.75, 3.05) is 31.1 Å². The van der Waals surface area contributed by atoms with Gasteiger partial charge in [0.2, 0.25) is 11.8 Å². The number of nitrogens with zero attached hydrogens (tertiary/aromatic N) is 3. The van der Waals surface area contributed by atoms with Crippen molar-refractivity contribution in [2.45, 2.75) is 45.6 Å². The van der Waals surface area contributed by atoms with Gasteiger partial charge in [0.05, 0.1) is 18.0 Å². The normalized spacial score (nSPS) is 19.8. The van der Waals surface area contributed by atoms with Gasteiger partial charge < -0.3 is 9.80 Å². The SMILES string of the molecule is CCCSCC(=O)N1CCC2(CCC(=O)N(Cc3ccccn3)C2)CC1. The zero-order chi connectivity index (χ0) is 18.4. The van der Waals surface area contributed by atoms with Gasteiger partial charge in [-0.05, 0) is 49.0 Å². The number of aromatic nitrogens is 1. The molecule has 1 aromatic rings. The van der Waals surface area contributed by atoms with E-state index in [-0.39, 0.29) is 17.2 Å². The molecule has 0 saturated carbocycles. The van der Waals surface area contributed by atoms with Crippen molar-refractivity contribution in [1.29, 1.82) is 0 Å². The van der Waals surface area contributed by atoms with Crippen molar-refractivity contribution in [2.24, 2.45) is 5.41 Å². The Bertz CT molecular complexity index is 615. The quantitative estimate of drug-likeness (QED) is 0.718. The van der Waals surface area contributed by atoms with Crippen LogP contribution in [0.15, 0.2) is 24.4 Å². The van der Waals surface area contributed by atoms with Gasteiger partial charge in [-0.3, -0.25) is 14.6 Å². The Morgan fingerprint density at radius 3 is 2.77 bits per heavy atom. The molecule has 1 aromatic heterocycles. The van der Waals surface area contributed by atoms with Crippen LogP contribution in [-0.4, -0.2) is 57.7 Å². The van der Waals surface area contributed by atoms with E-state index in [9.17, 15) is 9.59 Å². The summed E-state index contributed by atoms with van der Waals surface area (Å²) in [5.74, 6) is 2.16. The van der Waals surface area contributed by atoms with Crippen LogP contribution in [0.1, 0.15) is 44.7 Å². The summed E-state index contributed by atoms with van der Waals surface area (Å²) in [7, 11) is 0. The maximum absolute atomic E-state index is 12.4. The number of thioether (sulfide) groups is 1. The first-order chi connectivity index (χ1) is 12.6. The maximum atomic E-state index is 12.4. The molecule has 0 bridgehead atoms. The molecule has 142 valence electrons. The third kappa shape index (κ3) is 4.78. The van der Waals surface area contributed by atoms with Gasteiger partial charge in [0, 0.05) is 32.3 Å². The first-order valence-corrected chi connectivity index (χ1v) is 10.8. The smallest absolute Gasteiger partial charge is 0.232 e. The van der Waals surface area contributed by atoms with E-state index in [1.54, 1.807) is 18.0 Å². The number of hydrogen-bond donors (Lipinski definition) is 0. The van der Waals surface area contributed by atoms with Crippen molar-refractivity contribution in [3.63, 3.8) is 0 Å². The summed E-state index contributed by atoms with van der Waals surface area (Å²) in [6.07, 6.45) is 6.47. The lowest BCUT2D eigenvalue weighted by molar-refractivity contribution is -0.142. The van der Waals surface area contributed by atoms with Crippen molar-refractivity contribution >= 4 is 23.6 Å². The lowest BCUT2D eigenvalue weighted by Crippen LogP contribution is -2.52. The van der Waals surface area contributed by atoms with Gasteiger partial charge in [-0.1, -0.05) is 13.0 Å². The summed E-state index contributed by atoms with van der Waals surface area (Å²) in [4.78, 5) is 33.1. The fourth-order valence-corrected chi connectivity index (χ4v) is 4.76. The largest absolute Gasteiger partial charge is 0.342 e. The van der Waals surface area contributed by atoms with Crippen LogP contribution in [0.3, 0.4) is 0 Å². The number of hydrogen-bond acceptors (Lipinski definition) is 4. The lowest BCUT2D eigenvalue weighted by Gasteiger charge is -2.47. The molecule has 2 fully saturated rings.